The van der Waals surface area contributed by atoms with Crippen LogP contribution in [0.4, 0.5) is 0 Å². The molecule has 1 unspecified atom stereocenters. The van der Waals surface area contributed by atoms with Crippen molar-refractivity contribution in [1.29, 1.82) is 0 Å². The second-order valence-corrected chi connectivity index (χ2v) is 5.62. The first-order chi connectivity index (χ1) is 9.52. The van der Waals surface area contributed by atoms with E-state index < -0.39 is 6.10 Å². The number of rotatable bonds is 4. The molecule has 106 valence electrons. The summed E-state index contributed by atoms with van der Waals surface area (Å²) < 4.78 is 0. The van der Waals surface area contributed by atoms with Crippen LogP contribution in [0.15, 0.2) is 42.5 Å². The van der Waals surface area contributed by atoms with Crippen molar-refractivity contribution in [3.8, 4) is 0 Å². The van der Waals surface area contributed by atoms with Crippen molar-refractivity contribution in [3.63, 3.8) is 0 Å². The third-order valence-corrected chi connectivity index (χ3v) is 3.77. The second kappa shape index (κ2) is 6.21. The van der Waals surface area contributed by atoms with Crippen molar-refractivity contribution in [3.05, 3.63) is 70.3 Å². The van der Waals surface area contributed by atoms with Gasteiger partial charge in [0.2, 0.25) is 0 Å². The molecule has 0 fully saturated rings. The number of benzene rings is 2. The summed E-state index contributed by atoms with van der Waals surface area (Å²) in [5.74, 6) is 0.455. The number of hydrogen-bond donors (Lipinski definition) is 2. The highest BCUT2D eigenvalue weighted by Crippen LogP contribution is 2.28. The van der Waals surface area contributed by atoms with E-state index >= 15 is 0 Å². The minimum absolute atomic E-state index is 0.455. The third-order valence-electron chi connectivity index (χ3n) is 3.77. The molecule has 0 aliphatic carbocycles. The first-order valence-electron chi connectivity index (χ1n) is 7.10. The van der Waals surface area contributed by atoms with E-state index in [-0.39, 0.29) is 0 Å². The van der Waals surface area contributed by atoms with E-state index in [1.807, 2.05) is 31.2 Å². The van der Waals surface area contributed by atoms with Gasteiger partial charge in [0.1, 0.15) is 6.10 Å². The number of aliphatic hydroxyl groups excluding tert-OH is 1. The van der Waals surface area contributed by atoms with Crippen LogP contribution in [0, 0.1) is 6.92 Å². The van der Waals surface area contributed by atoms with Crippen LogP contribution >= 0.6 is 0 Å². The van der Waals surface area contributed by atoms with Crippen molar-refractivity contribution < 1.29 is 5.11 Å². The summed E-state index contributed by atoms with van der Waals surface area (Å²) in [5.41, 5.74) is 10.9. The van der Waals surface area contributed by atoms with E-state index in [9.17, 15) is 5.11 Å². The Morgan fingerprint density at radius 2 is 1.80 bits per heavy atom. The van der Waals surface area contributed by atoms with Gasteiger partial charge in [-0.3, -0.25) is 0 Å². The third kappa shape index (κ3) is 3.09. The van der Waals surface area contributed by atoms with Crippen molar-refractivity contribution in [2.24, 2.45) is 5.73 Å². The van der Waals surface area contributed by atoms with Crippen LogP contribution in [0.1, 0.15) is 53.7 Å². The van der Waals surface area contributed by atoms with Crippen LogP contribution in [0.3, 0.4) is 0 Å². The molecule has 2 aromatic rings. The van der Waals surface area contributed by atoms with E-state index in [0.717, 1.165) is 22.3 Å². The van der Waals surface area contributed by atoms with Crippen LogP contribution in [0.25, 0.3) is 0 Å². The van der Waals surface area contributed by atoms with Crippen molar-refractivity contribution >= 4 is 0 Å². The van der Waals surface area contributed by atoms with Gasteiger partial charge in [-0.15, -0.1) is 0 Å². The number of aryl methyl sites for hydroxylation is 1. The molecule has 0 aliphatic heterocycles. The molecule has 0 saturated carbocycles. The van der Waals surface area contributed by atoms with E-state index in [4.69, 9.17) is 5.73 Å². The number of hydrogen-bond acceptors (Lipinski definition) is 2. The van der Waals surface area contributed by atoms with Crippen LogP contribution < -0.4 is 5.73 Å². The highest BCUT2D eigenvalue weighted by Gasteiger charge is 2.14. The normalized spacial score (nSPS) is 12.7. The van der Waals surface area contributed by atoms with Gasteiger partial charge in [-0.25, -0.2) is 0 Å². The lowest BCUT2D eigenvalue weighted by Crippen LogP contribution is -2.05. The maximum Gasteiger partial charge on any atom is 0.104 e. The zero-order valence-corrected chi connectivity index (χ0v) is 12.4. The fourth-order valence-corrected chi connectivity index (χ4v) is 2.38. The summed E-state index contributed by atoms with van der Waals surface area (Å²) in [6.45, 7) is 6.85. The van der Waals surface area contributed by atoms with E-state index in [2.05, 4.69) is 32.0 Å². The summed E-state index contributed by atoms with van der Waals surface area (Å²) in [4.78, 5) is 0. The topological polar surface area (TPSA) is 46.2 Å². The molecule has 1 atom stereocenters. The van der Waals surface area contributed by atoms with Gasteiger partial charge in [0.25, 0.3) is 0 Å². The largest absolute Gasteiger partial charge is 0.384 e. The fraction of sp³-hybridized carbons (Fsp3) is 0.333. The monoisotopic (exact) mass is 269 g/mol. The maximum absolute atomic E-state index is 10.7. The Morgan fingerprint density at radius 1 is 1.05 bits per heavy atom. The molecule has 0 radical (unpaired) electrons. The van der Waals surface area contributed by atoms with Gasteiger partial charge >= 0.3 is 0 Å². The van der Waals surface area contributed by atoms with Crippen LogP contribution in [-0.2, 0) is 6.54 Å². The molecule has 2 nitrogen and oxygen atoms in total. The quantitative estimate of drug-likeness (QED) is 0.889. The first-order valence-corrected chi connectivity index (χ1v) is 7.10. The summed E-state index contributed by atoms with van der Waals surface area (Å²) in [6.07, 6.45) is -0.597. The molecule has 0 bridgehead atoms. The zero-order chi connectivity index (χ0) is 14.7. The lowest BCUT2D eigenvalue weighted by molar-refractivity contribution is 0.219. The molecule has 0 saturated heterocycles. The molecule has 0 spiro atoms. The summed E-state index contributed by atoms with van der Waals surface area (Å²) in [5, 5.41) is 10.7. The van der Waals surface area contributed by atoms with Crippen molar-refractivity contribution in [1.82, 2.24) is 0 Å². The Bertz CT molecular complexity index is 590. The molecule has 3 N–H and O–H groups in total. The summed E-state index contributed by atoms with van der Waals surface area (Å²) >= 11 is 0. The zero-order valence-electron chi connectivity index (χ0n) is 12.4. The van der Waals surface area contributed by atoms with Gasteiger partial charge in [0.05, 0.1) is 0 Å². The molecule has 2 heteroatoms. The average Bonchev–Trinajstić information content (AvgIpc) is 2.46. The highest BCUT2D eigenvalue weighted by molar-refractivity contribution is 5.39. The Kier molecular flexibility index (Phi) is 4.58. The fourth-order valence-electron chi connectivity index (χ4n) is 2.38. The first kappa shape index (κ1) is 14.8. The molecular weight excluding hydrogens is 246 g/mol. The van der Waals surface area contributed by atoms with Gasteiger partial charge in [0, 0.05) is 6.54 Å². The Morgan fingerprint density at radius 3 is 2.45 bits per heavy atom. The van der Waals surface area contributed by atoms with E-state index in [1.54, 1.807) is 0 Å². The second-order valence-electron chi connectivity index (χ2n) is 5.62. The molecule has 0 amide bonds. The van der Waals surface area contributed by atoms with Crippen LogP contribution in [0.5, 0.6) is 0 Å². The van der Waals surface area contributed by atoms with Gasteiger partial charge < -0.3 is 10.8 Å². The molecule has 20 heavy (non-hydrogen) atoms. The maximum atomic E-state index is 10.7. The molecule has 2 rings (SSSR count). The van der Waals surface area contributed by atoms with Crippen molar-refractivity contribution in [2.45, 2.75) is 39.3 Å². The lowest BCUT2D eigenvalue weighted by Gasteiger charge is -2.17. The minimum atomic E-state index is -0.597. The molecule has 2 aromatic carbocycles. The van der Waals surface area contributed by atoms with Crippen LogP contribution in [0.2, 0.25) is 0 Å². The van der Waals surface area contributed by atoms with Crippen molar-refractivity contribution in [2.75, 3.05) is 0 Å². The molecule has 0 aromatic heterocycles. The van der Waals surface area contributed by atoms with Gasteiger partial charge in [-0.1, -0.05) is 56.3 Å². The summed E-state index contributed by atoms with van der Waals surface area (Å²) in [6, 6.07) is 14.2. The van der Waals surface area contributed by atoms with Crippen LogP contribution in [-0.4, -0.2) is 5.11 Å². The number of aliphatic hydroxyl groups is 1. The summed E-state index contributed by atoms with van der Waals surface area (Å²) in [7, 11) is 0. The Balaban J connectivity index is 2.41. The van der Waals surface area contributed by atoms with Gasteiger partial charge in [-0.2, -0.15) is 0 Å². The lowest BCUT2D eigenvalue weighted by atomic mass is 9.92. The van der Waals surface area contributed by atoms with Gasteiger partial charge in [-0.05, 0) is 40.7 Å². The van der Waals surface area contributed by atoms with E-state index in [0.29, 0.717) is 12.5 Å². The Labute approximate surface area is 121 Å². The molecule has 0 aliphatic rings. The smallest absolute Gasteiger partial charge is 0.104 e. The molecule has 0 heterocycles. The standard InChI is InChI=1S/C18H23NO/c1-12(2)15-8-7-13(3)17(10-15)18(20)16-6-4-5-14(9-16)11-19/h4-10,12,18,20H,11,19H2,1-3H3. The average molecular weight is 269 g/mol. The van der Waals surface area contributed by atoms with Gasteiger partial charge in [0.15, 0.2) is 0 Å². The predicted octanol–water partition coefficient (Wildman–Crippen LogP) is 3.66. The van der Waals surface area contributed by atoms with E-state index in [1.165, 1.54) is 5.56 Å². The number of nitrogens with two attached hydrogens (primary N) is 1. The minimum Gasteiger partial charge on any atom is -0.384 e. The Hall–Kier alpha value is -1.64. The highest BCUT2D eigenvalue weighted by atomic mass is 16.3. The predicted molar refractivity (Wildman–Crippen MR) is 83.7 cm³/mol. The molecular formula is C18H23NO. The SMILES string of the molecule is Cc1ccc(C(C)C)cc1C(O)c1cccc(CN)c1.